The normalized spacial score (nSPS) is 13.3. The lowest BCUT2D eigenvalue weighted by atomic mass is 10.1. The molecular weight excluding hydrogens is 314 g/mol. The van der Waals surface area contributed by atoms with Crippen molar-refractivity contribution in [2.45, 2.75) is 6.42 Å². The van der Waals surface area contributed by atoms with E-state index in [4.69, 9.17) is 9.47 Å². The Morgan fingerprint density at radius 1 is 0.840 bits per heavy atom. The summed E-state index contributed by atoms with van der Waals surface area (Å²) in [6.45, 7) is 0.199. The molecule has 2 aliphatic rings. The number of ether oxygens (including phenoxy) is 2. The number of hydrogen-bond donors (Lipinski definition) is 1. The van der Waals surface area contributed by atoms with Gasteiger partial charge in [0.15, 0.2) is 11.5 Å². The molecule has 1 N–H and O–H groups in total. The Balaban J connectivity index is 1.43. The first-order valence-corrected chi connectivity index (χ1v) is 8.20. The zero-order valence-corrected chi connectivity index (χ0v) is 13.4. The van der Waals surface area contributed by atoms with Gasteiger partial charge in [0.2, 0.25) is 6.79 Å². The smallest absolute Gasteiger partial charge is 0.255 e. The largest absolute Gasteiger partial charge is 0.454 e. The molecule has 5 rings (SSSR count). The third-order valence-corrected chi connectivity index (χ3v) is 4.69. The molecule has 0 fully saturated rings. The number of carbonyl (C=O) groups excluding carboxylic acids is 1. The van der Waals surface area contributed by atoms with Gasteiger partial charge in [-0.2, -0.15) is 0 Å². The van der Waals surface area contributed by atoms with Crippen molar-refractivity contribution in [2.24, 2.45) is 0 Å². The van der Waals surface area contributed by atoms with E-state index in [9.17, 15) is 4.79 Å². The fourth-order valence-electron chi connectivity index (χ4n) is 3.44. The van der Waals surface area contributed by atoms with E-state index in [0.29, 0.717) is 17.1 Å². The highest BCUT2D eigenvalue weighted by molar-refractivity contribution is 6.05. The summed E-state index contributed by atoms with van der Waals surface area (Å²) < 4.78 is 10.6. The van der Waals surface area contributed by atoms with Crippen molar-refractivity contribution < 1.29 is 14.3 Å². The number of hydrogen-bond acceptors (Lipinski definition) is 3. The van der Waals surface area contributed by atoms with Crippen LogP contribution < -0.4 is 14.8 Å². The minimum absolute atomic E-state index is 0.162. The Bertz CT molecular complexity index is 1010. The van der Waals surface area contributed by atoms with E-state index in [-0.39, 0.29) is 12.7 Å². The highest BCUT2D eigenvalue weighted by Gasteiger charge is 2.19. The van der Waals surface area contributed by atoms with Gasteiger partial charge in [-0.25, -0.2) is 0 Å². The van der Waals surface area contributed by atoms with Crippen LogP contribution in [0.5, 0.6) is 11.5 Å². The van der Waals surface area contributed by atoms with Gasteiger partial charge in [-0.15, -0.1) is 0 Å². The number of amides is 1. The maximum Gasteiger partial charge on any atom is 0.255 e. The summed E-state index contributed by atoms with van der Waals surface area (Å²) in [4.78, 5) is 12.6. The van der Waals surface area contributed by atoms with Crippen molar-refractivity contribution in [3.05, 3.63) is 77.4 Å². The van der Waals surface area contributed by atoms with Crippen molar-refractivity contribution in [1.82, 2.24) is 0 Å². The predicted octanol–water partition coefficient (Wildman–Crippen LogP) is 4.24. The Hall–Kier alpha value is -3.27. The standard InChI is InChI=1S/C21H15NO3/c23-21(15-6-8-19-20(10-15)25-12-24-19)22-16-7-5-14-9-13-3-1-2-4-17(13)18(14)11-16/h1-8,10-11H,9,12H2,(H,22,23). The molecule has 25 heavy (non-hydrogen) atoms. The van der Waals surface area contributed by atoms with E-state index < -0.39 is 0 Å². The van der Waals surface area contributed by atoms with Crippen LogP contribution in [0.2, 0.25) is 0 Å². The highest BCUT2D eigenvalue weighted by atomic mass is 16.7. The van der Waals surface area contributed by atoms with Crippen LogP contribution in [0.1, 0.15) is 21.5 Å². The second kappa shape index (κ2) is 5.38. The molecule has 0 atom stereocenters. The lowest BCUT2D eigenvalue weighted by Gasteiger charge is -2.08. The minimum Gasteiger partial charge on any atom is -0.454 e. The predicted molar refractivity (Wildman–Crippen MR) is 95.2 cm³/mol. The van der Waals surface area contributed by atoms with Crippen LogP contribution >= 0.6 is 0 Å². The zero-order chi connectivity index (χ0) is 16.8. The first-order chi connectivity index (χ1) is 12.3. The second-order valence-electron chi connectivity index (χ2n) is 6.23. The highest BCUT2D eigenvalue weighted by Crippen LogP contribution is 2.38. The summed E-state index contributed by atoms with van der Waals surface area (Å²) in [5.74, 6) is 1.12. The monoisotopic (exact) mass is 329 g/mol. The Labute approximate surface area is 145 Å². The van der Waals surface area contributed by atoms with Crippen LogP contribution in [-0.4, -0.2) is 12.7 Å². The molecule has 0 saturated heterocycles. The van der Waals surface area contributed by atoms with Gasteiger partial charge in [0, 0.05) is 11.3 Å². The van der Waals surface area contributed by atoms with E-state index in [1.165, 1.54) is 22.3 Å². The van der Waals surface area contributed by atoms with Crippen molar-refractivity contribution in [3.63, 3.8) is 0 Å². The molecule has 4 heteroatoms. The van der Waals surface area contributed by atoms with E-state index in [1.54, 1.807) is 18.2 Å². The van der Waals surface area contributed by atoms with Gasteiger partial charge in [-0.3, -0.25) is 4.79 Å². The Morgan fingerprint density at radius 2 is 1.68 bits per heavy atom. The SMILES string of the molecule is O=C(Nc1ccc2c(c1)-c1ccccc1C2)c1ccc2c(c1)OCO2. The number of nitrogens with one attached hydrogen (secondary N) is 1. The van der Waals surface area contributed by atoms with Crippen LogP contribution in [0.3, 0.4) is 0 Å². The first kappa shape index (κ1) is 14.1. The van der Waals surface area contributed by atoms with Crippen molar-refractivity contribution in [2.75, 3.05) is 12.1 Å². The molecule has 4 nitrogen and oxygen atoms in total. The van der Waals surface area contributed by atoms with Crippen molar-refractivity contribution in [3.8, 4) is 22.6 Å². The lowest BCUT2D eigenvalue weighted by molar-refractivity contribution is 0.102. The molecule has 3 aromatic rings. The third-order valence-electron chi connectivity index (χ3n) is 4.69. The minimum atomic E-state index is -0.162. The van der Waals surface area contributed by atoms with Crippen LogP contribution in [0.15, 0.2) is 60.7 Å². The van der Waals surface area contributed by atoms with Gasteiger partial charge < -0.3 is 14.8 Å². The molecule has 0 spiro atoms. The molecule has 122 valence electrons. The van der Waals surface area contributed by atoms with Gasteiger partial charge in [-0.05, 0) is 59.0 Å². The lowest BCUT2D eigenvalue weighted by Crippen LogP contribution is -2.11. The summed E-state index contributed by atoms with van der Waals surface area (Å²) in [7, 11) is 0. The third kappa shape index (κ3) is 2.34. The molecule has 1 aliphatic carbocycles. The average Bonchev–Trinajstić information content (AvgIpc) is 3.25. The molecule has 1 amide bonds. The van der Waals surface area contributed by atoms with E-state index in [1.807, 2.05) is 18.2 Å². The number of anilines is 1. The molecule has 0 aromatic heterocycles. The van der Waals surface area contributed by atoms with Crippen LogP contribution in [0.4, 0.5) is 5.69 Å². The van der Waals surface area contributed by atoms with Crippen LogP contribution in [0, 0.1) is 0 Å². The van der Waals surface area contributed by atoms with Gasteiger partial charge in [0.25, 0.3) is 5.91 Å². The quantitative estimate of drug-likeness (QED) is 0.598. The summed E-state index contributed by atoms with van der Waals surface area (Å²) in [6, 6.07) is 19.7. The topological polar surface area (TPSA) is 47.6 Å². The molecular formula is C21H15NO3. The Morgan fingerprint density at radius 3 is 2.64 bits per heavy atom. The number of fused-ring (bicyclic) bond motifs is 4. The Kier molecular flexibility index (Phi) is 3.04. The van der Waals surface area contributed by atoms with Crippen molar-refractivity contribution in [1.29, 1.82) is 0 Å². The van der Waals surface area contributed by atoms with E-state index in [2.05, 4.69) is 29.6 Å². The summed E-state index contributed by atoms with van der Waals surface area (Å²) in [5.41, 5.74) is 6.40. The summed E-state index contributed by atoms with van der Waals surface area (Å²) >= 11 is 0. The molecule has 0 bridgehead atoms. The molecule has 0 radical (unpaired) electrons. The molecule has 0 saturated carbocycles. The number of rotatable bonds is 2. The van der Waals surface area contributed by atoms with Gasteiger partial charge in [0.1, 0.15) is 0 Å². The molecule has 1 aliphatic heterocycles. The van der Waals surface area contributed by atoms with Gasteiger partial charge in [-0.1, -0.05) is 30.3 Å². The fourth-order valence-corrected chi connectivity index (χ4v) is 3.44. The number of carbonyl (C=O) groups is 1. The molecule has 1 heterocycles. The summed E-state index contributed by atoms with van der Waals surface area (Å²) in [6.07, 6.45) is 0.946. The zero-order valence-electron chi connectivity index (χ0n) is 13.4. The van der Waals surface area contributed by atoms with Gasteiger partial charge in [0.05, 0.1) is 0 Å². The maximum atomic E-state index is 12.6. The van der Waals surface area contributed by atoms with Crippen molar-refractivity contribution >= 4 is 11.6 Å². The maximum absolute atomic E-state index is 12.6. The fraction of sp³-hybridized carbons (Fsp3) is 0.0952. The number of benzene rings is 3. The van der Waals surface area contributed by atoms with Gasteiger partial charge >= 0.3 is 0 Å². The second-order valence-corrected chi connectivity index (χ2v) is 6.23. The molecule has 3 aromatic carbocycles. The molecule has 0 unspecified atom stereocenters. The average molecular weight is 329 g/mol. The van der Waals surface area contributed by atoms with Crippen LogP contribution in [0.25, 0.3) is 11.1 Å². The van der Waals surface area contributed by atoms with E-state index >= 15 is 0 Å². The summed E-state index contributed by atoms with van der Waals surface area (Å²) in [5, 5.41) is 2.97. The van der Waals surface area contributed by atoms with Crippen LogP contribution in [-0.2, 0) is 6.42 Å². The first-order valence-electron chi connectivity index (χ1n) is 8.20. The van der Waals surface area contributed by atoms with E-state index in [0.717, 1.165) is 12.1 Å².